The lowest BCUT2D eigenvalue weighted by Crippen LogP contribution is -2.44. The lowest BCUT2D eigenvalue weighted by Gasteiger charge is -2.32. The van der Waals surface area contributed by atoms with E-state index < -0.39 is 12.1 Å². The normalized spacial score (nSPS) is 15.9. The van der Waals surface area contributed by atoms with E-state index >= 15 is 0 Å². The van der Waals surface area contributed by atoms with E-state index in [-0.39, 0.29) is 11.9 Å². The quantitative estimate of drug-likeness (QED) is 0.736. The van der Waals surface area contributed by atoms with Crippen LogP contribution in [-0.4, -0.2) is 45.8 Å². The van der Waals surface area contributed by atoms with Crippen LogP contribution in [0.4, 0.5) is 0 Å². The summed E-state index contributed by atoms with van der Waals surface area (Å²) in [5, 5.41) is 4.44. The molecule has 1 atom stereocenters. The molecule has 1 amide bonds. The van der Waals surface area contributed by atoms with E-state index in [2.05, 4.69) is 5.10 Å². The molecular formula is C22H29N3O3. The van der Waals surface area contributed by atoms with Crippen LogP contribution >= 0.6 is 0 Å². The number of amides is 1. The molecule has 6 nitrogen and oxygen atoms in total. The van der Waals surface area contributed by atoms with E-state index in [0.29, 0.717) is 5.56 Å². The molecule has 1 aromatic carbocycles. The Balaban J connectivity index is 1.62. The summed E-state index contributed by atoms with van der Waals surface area (Å²) in [4.78, 5) is 26.8. The average Bonchev–Trinajstić information content (AvgIpc) is 3.05. The first-order chi connectivity index (χ1) is 13.4. The van der Waals surface area contributed by atoms with Gasteiger partial charge in [0.1, 0.15) is 0 Å². The highest BCUT2D eigenvalue weighted by atomic mass is 16.5. The number of hydrogen-bond acceptors (Lipinski definition) is 4. The Morgan fingerprint density at radius 1 is 1.14 bits per heavy atom. The zero-order valence-electron chi connectivity index (χ0n) is 17.1. The molecule has 1 aromatic heterocycles. The van der Waals surface area contributed by atoms with Crippen LogP contribution in [0.5, 0.6) is 0 Å². The lowest BCUT2D eigenvalue weighted by molar-refractivity contribution is -0.141. The molecule has 1 heterocycles. The maximum absolute atomic E-state index is 12.6. The Labute approximate surface area is 166 Å². The molecule has 0 spiro atoms. The molecule has 0 N–H and O–H groups in total. The van der Waals surface area contributed by atoms with Gasteiger partial charge in [0.2, 0.25) is 0 Å². The van der Waals surface area contributed by atoms with Gasteiger partial charge in [0.25, 0.3) is 5.91 Å². The molecule has 1 aliphatic rings. The van der Waals surface area contributed by atoms with Gasteiger partial charge in [-0.05, 0) is 63.9 Å². The van der Waals surface area contributed by atoms with E-state index in [1.807, 2.05) is 43.8 Å². The van der Waals surface area contributed by atoms with Gasteiger partial charge in [-0.2, -0.15) is 5.10 Å². The summed E-state index contributed by atoms with van der Waals surface area (Å²) in [6.45, 7) is 5.57. The van der Waals surface area contributed by atoms with Crippen LogP contribution in [0.15, 0.2) is 30.3 Å². The maximum Gasteiger partial charge on any atom is 0.338 e. The number of ether oxygens (including phenoxy) is 1. The molecule has 3 rings (SSSR count). The second-order valence-electron chi connectivity index (χ2n) is 7.67. The Morgan fingerprint density at radius 2 is 1.79 bits per heavy atom. The minimum absolute atomic E-state index is 0.139. The van der Waals surface area contributed by atoms with Crippen molar-refractivity contribution < 1.29 is 14.3 Å². The smallest absolute Gasteiger partial charge is 0.338 e. The molecule has 0 radical (unpaired) electrons. The number of rotatable bonds is 5. The van der Waals surface area contributed by atoms with Crippen LogP contribution in [0.3, 0.4) is 0 Å². The third-order valence-electron chi connectivity index (χ3n) is 5.46. The highest BCUT2D eigenvalue weighted by Crippen LogP contribution is 2.22. The van der Waals surface area contributed by atoms with Crippen molar-refractivity contribution in [2.24, 2.45) is 0 Å². The van der Waals surface area contributed by atoms with E-state index in [4.69, 9.17) is 4.74 Å². The lowest BCUT2D eigenvalue weighted by atomic mass is 9.94. The van der Waals surface area contributed by atoms with Gasteiger partial charge in [-0.1, -0.05) is 19.3 Å². The third-order valence-corrected chi connectivity index (χ3v) is 5.46. The molecule has 2 aromatic rings. The third kappa shape index (κ3) is 4.43. The summed E-state index contributed by atoms with van der Waals surface area (Å²) in [7, 11) is 1.81. The average molecular weight is 383 g/mol. The summed E-state index contributed by atoms with van der Waals surface area (Å²) in [6, 6.07) is 9.32. The number of benzene rings is 1. The fraction of sp³-hybridized carbons (Fsp3) is 0.500. The van der Waals surface area contributed by atoms with E-state index in [1.165, 1.54) is 6.42 Å². The molecule has 0 unspecified atom stereocenters. The Kier molecular flexibility index (Phi) is 6.17. The number of carbonyl (C=O) groups excluding carboxylic acids is 2. The van der Waals surface area contributed by atoms with Crippen molar-refractivity contribution in [2.75, 3.05) is 7.05 Å². The van der Waals surface area contributed by atoms with Gasteiger partial charge in [-0.25, -0.2) is 9.48 Å². The van der Waals surface area contributed by atoms with Crippen LogP contribution in [0.2, 0.25) is 0 Å². The number of esters is 1. The molecule has 0 bridgehead atoms. The molecule has 150 valence electrons. The van der Waals surface area contributed by atoms with Crippen LogP contribution in [0.1, 0.15) is 60.8 Å². The Bertz CT molecular complexity index is 835. The summed E-state index contributed by atoms with van der Waals surface area (Å²) in [5.74, 6) is -0.627. The van der Waals surface area contributed by atoms with E-state index in [0.717, 1.165) is 42.8 Å². The summed E-state index contributed by atoms with van der Waals surface area (Å²) in [5.41, 5.74) is 3.27. The fourth-order valence-electron chi connectivity index (χ4n) is 3.84. The molecule has 0 aliphatic heterocycles. The summed E-state index contributed by atoms with van der Waals surface area (Å²) in [6.07, 6.45) is 4.79. The van der Waals surface area contributed by atoms with Crippen molar-refractivity contribution in [3.8, 4) is 5.69 Å². The zero-order valence-corrected chi connectivity index (χ0v) is 17.1. The van der Waals surface area contributed by atoms with E-state index in [1.54, 1.807) is 24.0 Å². The molecule has 28 heavy (non-hydrogen) atoms. The highest BCUT2D eigenvalue weighted by molar-refractivity contribution is 5.92. The predicted octanol–water partition coefficient (Wildman–Crippen LogP) is 3.83. The van der Waals surface area contributed by atoms with Crippen molar-refractivity contribution in [1.82, 2.24) is 14.7 Å². The Hall–Kier alpha value is -2.63. The molecular weight excluding hydrogens is 354 g/mol. The molecule has 0 saturated heterocycles. The minimum Gasteiger partial charge on any atom is -0.449 e. The van der Waals surface area contributed by atoms with E-state index in [9.17, 15) is 9.59 Å². The molecule has 6 heteroatoms. The van der Waals surface area contributed by atoms with Crippen molar-refractivity contribution in [3.05, 3.63) is 47.3 Å². The number of aromatic nitrogens is 2. The van der Waals surface area contributed by atoms with Crippen LogP contribution in [0, 0.1) is 13.8 Å². The van der Waals surface area contributed by atoms with Gasteiger partial charge in [0.15, 0.2) is 6.10 Å². The summed E-state index contributed by atoms with van der Waals surface area (Å²) < 4.78 is 7.26. The Morgan fingerprint density at radius 3 is 2.36 bits per heavy atom. The van der Waals surface area contributed by atoms with Gasteiger partial charge in [0, 0.05) is 18.8 Å². The standard InChI is InChI=1S/C22H29N3O3/c1-15-14-16(2)25(23-15)20-12-10-18(11-13-20)22(27)28-17(3)21(26)24(4)19-8-6-5-7-9-19/h10-14,17,19H,5-9H2,1-4H3/t17-/m1/s1. The monoisotopic (exact) mass is 383 g/mol. The van der Waals surface area contributed by atoms with Crippen LogP contribution < -0.4 is 0 Å². The number of hydrogen-bond donors (Lipinski definition) is 0. The first-order valence-corrected chi connectivity index (χ1v) is 9.98. The SMILES string of the molecule is Cc1cc(C)n(-c2ccc(C(=O)O[C@H](C)C(=O)N(C)C3CCCCC3)cc2)n1. The predicted molar refractivity (Wildman–Crippen MR) is 108 cm³/mol. The second kappa shape index (κ2) is 8.59. The van der Waals surface area contributed by atoms with Gasteiger partial charge < -0.3 is 9.64 Å². The number of aryl methyl sites for hydroxylation is 2. The van der Waals surface area contributed by atoms with Crippen LogP contribution in [0.25, 0.3) is 5.69 Å². The summed E-state index contributed by atoms with van der Waals surface area (Å²) >= 11 is 0. The highest BCUT2D eigenvalue weighted by Gasteiger charge is 2.28. The minimum atomic E-state index is -0.796. The number of likely N-dealkylation sites (N-methyl/N-ethyl adjacent to an activating group) is 1. The first-order valence-electron chi connectivity index (χ1n) is 9.98. The van der Waals surface area contributed by atoms with Crippen molar-refractivity contribution in [2.45, 2.75) is 65.0 Å². The van der Waals surface area contributed by atoms with Gasteiger partial charge in [-0.15, -0.1) is 0 Å². The maximum atomic E-state index is 12.6. The molecule has 1 saturated carbocycles. The zero-order chi connectivity index (χ0) is 20.3. The van der Waals surface area contributed by atoms with Gasteiger partial charge >= 0.3 is 5.97 Å². The number of carbonyl (C=O) groups is 2. The van der Waals surface area contributed by atoms with Crippen LogP contribution in [-0.2, 0) is 9.53 Å². The van der Waals surface area contributed by atoms with Crippen molar-refractivity contribution in [3.63, 3.8) is 0 Å². The van der Waals surface area contributed by atoms with Gasteiger partial charge in [0.05, 0.1) is 16.9 Å². The van der Waals surface area contributed by atoms with Gasteiger partial charge in [-0.3, -0.25) is 4.79 Å². The fourth-order valence-corrected chi connectivity index (χ4v) is 3.84. The molecule has 1 fully saturated rings. The second-order valence-corrected chi connectivity index (χ2v) is 7.67. The first kappa shape index (κ1) is 20.1. The topological polar surface area (TPSA) is 64.4 Å². The number of nitrogens with zero attached hydrogens (tertiary/aromatic N) is 3. The van der Waals surface area contributed by atoms with Crippen molar-refractivity contribution in [1.29, 1.82) is 0 Å². The largest absolute Gasteiger partial charge is 0.449 e. The van der Waals surface area contributed by atoms with Crippen molar-refractivity contribution >= 4 is 11.9 Å². The molecule has 1 aliphatic carbocycles.